The molecule has 1 amide bonds. The fraction of sp³-hybridized carbons (Fsp3) is 0.188. The van der Waals surface area contributed by atoms with Crippen LogP contribution >= 0.6 is 0 Å². The summed E-state index contributed by atoms with van der Waals surface area (Å²) in [5.41, 5.74) is 1.22. The number of rotatable bonds is 6. The number of nitrogens with zero attached hydrogens (tertiary/aromatic N) is 2. The van der Waals surface area contributed by atoms with Gasteiger partial charge in [-0.3, -0.25) is 19.8 Å². The largest absolute Gasteiger partial charge is 0.325 e. The molecular formula is C16H16FN3O3. The maximum absolute atomic E-state index is 13.1. The standard InChI is InChI=1S/C16H16FN3O3/c1-19(10-12-3-2-4-13(17)9-12)11-16(21)18-14-5-7-15(8-6-14)20(22)23/h2-9H,10-11H2,1H3,(H,18,21). The van der Waals surface area contributed by atoms with Crippen LogP contribution in [0.15, 0.2) is 48.5 Å². The zero-order valence-corrected chi connectivity index (χ0v) is 12.5. The maximum Gasteiger partial charge on any atom is 0.269 e. The summed E-state index contributed by atoms with van der Waals surface area (Å²) in [5, 5.41) is 13.2. The van der Waals surface area contributed by atoms with Crippen LogP contribution in [0.4, 0.5) is 15.8 Å². The molecule has 0 bridgehead atoms. The number of non-ortho nitro benzene ring substituents is 1. The molecule has 0 aliphatic heterocycles. The van der Waals surface area contributed by atoms with Gasteiger partial charge in [-0.05, 0) is 36.9 Å². The van der Waals surface area contributed by atoms with Crippen LogP contribution in [0.2, 0.25) is 0 Å². The molecule has 0 saturated carbocycles. The number of hydrogen-bond acceptors (Lipinski definition) is 4. The molecule has 23 heavy (non-hydrogen) atoms. The molecule has 2 aromatic rings. The third-order valence-corrected chi connectivity index (χ3v) is 3.12. The molecule has 0 radical (unpaired) electrons. The number of nitrogens with one attached hydrogen (secondary N) is 1. The minimum absolute atomic E-state index is 0.0359. The lowest BCUT2D eigenvalue weighted by atomic mass is 10.2. The van der Waals surface area contributed by atoms with E-state index in [9.17, 15) is 19.3 Å². The van der Waals surface area contributed by atoms with E-state index in [1.165, 1.54) is 36.4 Å². The van der Waals surface area contributed by atoms with E-state index in [1.54, 1.807) is 24.1 Å². The normalized spacial score (nSPS) is 10.6. The summed E-state index contributed by atoms with van der Waals surface area (Å²) in [6.45, 7) is 0.555. The smallest absolute Gasteiger partial charge is 0.269 e. The van der Waals surface area contributed by atoms with Gasteiger partial charge in [0, 0.05) is 24.4 Å². The minimum atomic E-state index is -0.502. The van der Waals surface area contributed by atoms with E-state index >= 15 is 0 Å². The summed E-state index contributed by atoms with van der Waals surface area (Å²) in [6.07, 6.45) is 0. The van der Waals surface area contributed by atoms with Gasteiger partial charge in [0.2, 0.25) is 5.91 Å². The highest BCUT2D eigenvalue weighted by Crippen LogP contribution is 2.15. The summed E-state index contributed by atoms with van der Waals surface area (Å²) in [6, 6.07) is 11.8. The second kappa shape index (κ2) is 7.46. The van der Waals surface area contributed by atoms with E-state index < -0.39 is 4.92 Å². The molecule has 0 spiro atoms. The zero-order valence-electron chi connectivity index (χ0n) is 12.5. The molecule has 7 heteroatoms. The summed E-state index contributed by atoms with van der Waals surface area (Å²) in [7, 11) is 1.75. The first kappa shape index (κ1) is 16.6. The van der Waals surface area contributed by atoms with E-state index in [4.69, 9.17) is 0 Å². The molecule has 0 heterocycles. The second-order valence-corrected chi connectivity index (χ2v) is 5.15. The number of nitro benzene ring substituents is 1. The first-order valence-corrected chi connectivity index (χ1v) is 6.91. The number of benzene rings is 2. The Bertz CT molecular complexity index is 704. The molecule has 120 valence electrons. The van der Waals surface area contributed by atoms with Crippen LogP contribution in [0.1, 0.15) is 5.56 Å². The van der Waals surface area contributed by atoms with Crippen LogP contribution in [0, 0.1) is 15.9 Å². The SMILES string of the molecule is CN(CC(=O)Nc1ccc([N+](=O)[O-])cc1)Cc1cccc(F)c1. The van der Waals surface area contributed by atoms with Gasteiger partial charge in [0.15, 0.2) is 0 Å². The average Bonchev–Trinajstić information content (AvgIpc) is 2.47. The lowest BCUT2D eigenvalue weighted by molar-refractivity contribution is -0.384. The summed E-state index contributed by atoms with van der Waals surface area (Å²) in [4.78, 5) is 23.7. The molecule has 0 aliphatic carbocycles. The van der Waals surface area contributed by atoms with Gasteiger partial charge in [-0.1, -0.05) is 12.1 Å². The monoisotopic (exact) mass is 317 g/mol. The third-order valence-electron chi connectivity index (χ3n) is 3.12. The fourth-order valence-corrected chi connectivity index (χ4v) is 2.12. The molecule has 1 N–H and O–H groups in total. The second-order valence-electron chi connectivity index (χ2n) is 5.15. The van der Waals surface area contributed by atoms with E-state index in [-0.39, 0.29) is 24.0 Å². The van der Waals surface area contributed by atoms with Crippen LogP contribution < -0.4 is 5.32 Å². The van der Waals surface area contributed by atoms with Crippen molar-refractivity contribution < 1.29 is 14.1 Å². The van der Waals surface area contributed by atoms with Gasteiger partial charge in [0.05, 0.1) is 11.5 Å². The van der Waals surface area contributed by atoms with Crippen molar-refractivity contribution in [2.45, 2.75) is 6.54 Å². The molecule has 2 aromatic carbocycles. The van der Waals surface area contributed by atoms with E-state index in [0.717, 1.165) is 5.56 Å². The van der Waals surface area contributed by atoms with Crippen LogP contribution in [0.25, 0.3) is 0 Å². The van der Waals surface area contributed by atoms with Gasteiger partial charge >= 0.3 is 0 Å². The van der Waals surface area contributed by atoms with Crippen molar-refractivity contribution in [3.8, 4) is 0 Å². The Hall–Kier alpha value is -2.80. The van der Waals surface area contributed by atoms with Crippen molar-refractivity contribution in [1.29, 1.82) is 0 Å². The Labute approximate surface area is 132 Å². The maximum atomic E-state index is 13.1. The number of halogens is 1. The van der Waals surface area contributed by atoms with Gasteiger partial charge in [0.1, 0.15) is 5.82 Å². The van der Waals surface area contributed by atoms with E-state index in [2.05, 4.69) is 5.32 Å². The predicted octanol–water partition coefficient (Wildman–Crippen LogP) is 2.80. The highest BCUT2D eigenvalue weighted by Gasteiger charge is 2.09. The number of carbonyl (C=O) groups is 1. The number of nitro groups is 1. The molecule has 0 unspecified atom stereocenters. The Morgan fingerprint density at radius 3 is 2.57 bits per heavy atom. The van der Waals surface area contributed by atoms with Crippen molar-refractivity contribution in [3.05, 3.63) is 70.0 Å². The van der Waals surface area contributed by atoms with Gasteiger partial charge in [-0.2, -0.15) is 0 Å². The highest BCUT2D eigenvalue weighted by atomic mass is 19.1. The van der Waals surface area contributed by atoms with Crippen molar-refractivity contribution in [2.75, 3.05) is 18.9 Å². The van der Waals surface area contributed by atoms with Gasteiger partial charge in [-0.15, -0.1) is 0 Å². The Morgan fingerprint density at radius 2 is 1.96 bits per heavy atom. The number of amides is 1. The Balaban J connectivity index is 1.87. The quantitative estimate of drug-likeness (QED) is 0.656. The first-order chi connectivity index (χ1) is 10.9. The number of carbonyl (C=O) groups excluding carboxylic acids is 1. The first-order valence-electron chi connectivity index (χ1n) is 6.91. The van der Waals surface area contributed by atoms with Crippen LogP contribution in [0.3, 0.4) is 0 Å². The third kappa shape index (κ3) is 5.15. The zero-order chi connectivity index (χ0) is 16.8. The molecule has 0 fully saturated rings. The number of anilines is 1. The summed E-state index contributed by atoms with van der Waals surface area (Å²) < 4.78 is 13.1. The molecule has 0 atom stereocenters. The molecule has 6 nitrogen and oxygen atoms in total. The molecule has 0 aromatic heterocycles. The highest BCUT2D eigenvalue weighted by molar-refractivity contribution is 5.92. The number of likely N-dealkylation sites (N-methyl/N-ethyl adjacent to an activating group) is 1. The minimum Gasteiger partial charge on any atom is -0.325 e. The average molecular weight is 317 g/mol. The lowest BCUT2D eigenvalue weighted by Gasteiger charge is -2.16. The van der Waals surface area contributed by atoms with E-state index in [0.29, 0.717) is 12.2 Å². The van der Waals surface area contributed by atoms with Gasteiger partial charge in [-0.25, -0.2) is 4.39 Å². The molecule has 0 aliphatic rings. The summed E-state index contributed by atoms with van der Waals surface area (Å²) >= 11 is 0. The Morgan fingerprint density at radius 1 is 1.26 bits per heavy atom. The van der Waals surface area contributed by atoms with Crippen molar-refractivity contribution in [3.63, 3.8) is 0 Å². The van der Waals surface area contributed by atoms with Crippen LogP contribution in [-0.4, -0.2) is 29.3 Å². The van der Waals surface area contributed by atoms with Crippen molar-refractivity contribution >= 4 is 17.3 Å². The van der Waals surface area contributed by atoms with Crippen LogP contribution in [0.5, 0.6) is 0 Å². The predicted molar refractivity (Wildman–Crippen MR) is 84.5 cm³/mol. The molecular weight excluding hydrogens is 301 g/mol. The molecule has 2 rings (SSSR count). The van der Waals surface area contributed by atoms with Crippen molar-refractivity contribution in [1.82, 2.24) is 4.90 Å². The lowest BCUT2D eigenvalue weighted by Crippen LogP contribution is -2.29. The Kier molecular flexibility index (Phi) is 5.37. The summed E-state index contributed by atoms with van der Waals surface area (Å²) in [5.74, 6) is -0.566. The fourth-order valence-electron chi connectivity index (χ4n) is 2.12. The molecule has 0 saturated heterocycles. The van der Waals surface area contributed by atoms with Gasteiger partial charge in [0.25, 0.3) is 5.69 Å². The number of hydrogen-bond donors (Lipinski definition) is 1. The van der Waals surface area contributed by atoms with Gasteiger partial charge < -0.3 is 5.32 Å². The van der Waals surface area contributed by atoms with Crippen LogP contribution in [-0.2, 0) is 11.3 Å². The topological polar surface area (TPSA) is 75.5 Å². The van der Waals surface area contributed by atoms with E-state index in [1.807, 2.05) is 0 Å². The van der Waals surface area contributed by atoms with Crippen molar-refractivity contribution in [2.24, 2.45) is 0 Å².